The van der Waals surface area contributed by atoms with Gasteiger partial charge < -0.3 is 14.6 Å². The van der Waals surface area contributed by atoms with Gasteiger partial charge in [-0.15, -0.1) is 0 Å². The maximum Gasteiger partial charge on any atom is 0.224 e. The van der Waals surface area contributed by atoms with Crippen LogP contribution in [0.25, 0.3) is 11.1 Å². The summed E-state index contributed by atoms with van der Waals surface area (Å²) in [7, 11) is 2.12. The number of oxazole rings is 1. The Morgan fingerprint density at radius 1 is 1.45 bits per heavy atom. The monoisotopic (exact) mass is 273 g/mol. The fourth-order valence-corrected chi connectivity index (χ4v) is 2.63. The predicted octanol–water partition coefficient (Wildman–Crippen LogP) is 1.58. The molecule has 0 saturated carbocycles. The quantitative estimate of drug-likeness (QED) is 0.922. The molecule has 106 valence electrons. The average Bonchev–Trinajstić information content (AvgIpc) is 2.89. The fourth-order valence-electron chi connectivity index (χ4n) is 2.63. The highest BCUT2D eigenvalue weighted by Crippen LogP contribution is 2.15. The number of aromatic nitrogens is 1. The second-order valence-corrected chi connectivity index (χ2v) is 5.48. The Kier molecular flexibility index (Phi) is 3.69. The lowest BCUT2D eigenvalue weighted by Crippen LogP contribution is -2.43. The van der Waals surface area contributed by atoms with Crippen LogP contribution in [0.4, 0.5) is 0 Å². The summed E-state index contributed by atoms with van der Waals surface area (Å²) >= 11 is 0. The highest BCUT2D eigenvalue weighted by atomic mass is 16.3. The lowest BCUT2D eigenvalue weighted by molar-refractivity contribution is -0.121. The first kappa shape index (κ1) is 13.1. The number of likely N-dealkylation sites (tertiary alicyclic amines) is 1. The van der Waals surface area contributed by atoms with Crippen LogP contribution in [0.1, 0.15) is 18.4 Å². The van der Waals surface area contributed by atoms with Crippen molar-refractivity contribution < 1.29 is 9.21 Å². The minimum absolute atomic E-state index is 0.0856. The van der Waals surface area contributed by atoms with Crippen LogP contribution in [-0.4, -0.2) is 42.0 Å². The first-order chi connectivity index (χ1) is 9.70. The molecule has 0 spiro atoms. The largest absolute Gasteiger partial charge is 0.443 e. The second-order valence-electron chi connectivity index (χ2n) is 5.48. The first-order valence-corrected chi connectivity index (χ1v) is 7.01. The van der Waals surface area contributed by atoms with Crippen LogP contribution in [0.2, 0.25) is 0 Å². The molecule has 0 radical (unpaired) electrons. The van der Waals surface area contributed by atoms with Crippen LogP contribution in [0.5, 0.6) is 0 Å². The summed E-state index contributed by atoms with van der Waals surface area (Å²) in [4.78, 5) is 18.5. The average molecular weight is 273 g/mol. The summed E-state index contributed by atoms with van der Waals surface area (Å²) in [5, 5.41) is 3.12. The summed E-state index contributed by atoms with van der Waals surface area (Å²) in [6.45, 7) is 2.10. The van der Waals surface area contributed by atoms with Crippen molar-refractivity contribution in [3.05, 3.63) is 30.2 Å². The van der Waals surface area contributed by atoms with E-state index in [4.69, 9.17) is 4.42 Å². The minimum atomic E-state index is 0.0856. The van der Waals surface area contributed by atoms with Gasteiger partial charge in [-0.1, -0.05) is 6.07 Å². The summed E-state index contributed by atoms with van der Waals surface area (Å²) in [5.41, 5.74) is 2.52. The Balaban J connectivity index is 1.58. The normalized spacial score (nSPS) is 17.4. The fraction of sp³-hybridized carbons (Fsp3) is 0.467. The Hall–Kier alpha value is -1.88. The molecule has 20 heavy (non-hydrogen) atoms. The van der Waals surface area contributed by atoms with Crippen molar-refractivity contribution in [3.8, 4) is 0 Å². The summed E-state index contributed by atoms with van der Waals surface area (Å²) in [6, 6.07) is 6.00. The van der Waals surface area contributed by atoms with E-state index >= 15 is 0 Å². The van der Waals surface area contributed by atoms with E-state index in [9.17, 15) is 4.79 Å². The molecule has 1 aliphatic rings. The third-order valence-electron chi connectivity index (χ3n) is 3.84. The van der Waals surface area contributed by atoms with Crippen LogP contribution in [0.3, 0.4) is 0 Å². The molecule has 1 amide bonds. The molecule has 5 heteroatoms. The molecule has 0 unspecified atom stereocenters. The topological polar surface area (TPSA) is 58.4 Å². The van der Waals surface area contributed by atoms with Crippen molar-refractivity contribution in [2.75, 3.05) is 20.1 Å². The lowest BCUT2D eigenvalue weighted by atomic mass is 10.0. The van der Waals surface area contributed by atoms with E-state index in [0.717, 1.165) is 42.6 Å². The van der Waals surface area contributed by atoms with Gasteiger partial charge in [0.25, 0.3) is 0 Å². The first-order valence-electron chi connectivity index (χ1n) is 7.01. The Morgan fingerprint density at radius 3 is 3.05 bits per heavy atom. The van der Waals surface area contributed by atoms with Crippen LogP contribution in [-0.2, 0) is 11.2 Å². The minimum Gasteiger partial charge on any atom is -0.443 e. The molecule has 0 atom stereocenters. The highest BCUT2D eigenvalue weighted by Gasteiger charge is 2.18. The van der Waals surface area contributed by atoms with Gasteiger partial charge in [-0.3, -0.25) is 4.79 Å². The predicted molar refractivity (Wildman–Crippen MR) is 76.4 cm³/mol. The van der Waals surface area contributed by atoms with E-state index in [-0.39, 0.29) is 5.91 Å². The molecule has 3 rings (SSSR count). The molecule has 0 bridgehead atoms. The molecule has 5 nitrogen and oxygen atoms in total. The molecule has 1 saturated heterocycles. The van der Waals surface area contributed by atoms with Crippen molar-refractivity contribution in [2.45, 2.75) is 25.3 Å². The SMILES string of the molecule is CN1CCC(NC(=O)Cc2ccc3ocnc3c2)CC1. The van der Waals surface area contributed by atoms with Crippen molar-refractivity contribution in [2.24, 2.45) is 0 Å². The van der Waals surface area contributed by atoms with Gasteiger partial charge in [0.1, 0.15) is 5.52 Å². The molecular formula is C15H19N3O2. The smallest absolute Gasteiger partial charge is 0.224 e. The van der Waals surface area contributed by atoms with Crippen molar-refractivity contribution in [3.63, 3.8) is 0 Å². The van der Waals surface area contributed by atoms with E-state index < -0.39 is 0 Å². The van der Waals surface area contributed by atoms with Gasteiger partial charge in [0, 0.05) is 6.04 Å². The second kappa shape index (κ2) is 5.63. The Labute approximate surface area is 118 Å². The Morgan fingerprint density at radius 2 is 2.25 bits per heavy atom. The summed E-state index contributed by atoms with van der Waals surface area (Å²) < 4.78 is 5.19. The van der Waals surface area contributed by atoms with Crippen LogP contribution in [0.15, 0.2) is 29.0 Å². The third-order valence-corrected chi connectivity index (χ3v) is 3.84. The number of amides is 1. The summed E-state index contributed by atoms with van der Waals surface area (Å²) in [5.74, 6) is 0.0856. The molecule has 1 fully saturated rings. The van der Waals surface area contributed by atoms with E-state index in [1.165, 1.54) is 6.39 Å². The number of hydrogen-bond acceptors (Lipinski definition) is 4. The van der Waals surface area contributed by atoms with Crippen molar-refractivity contribution in [1.82, 2.24) is 15.2 Å². The molecule has 0 aliphatic carbocycles. The molecule has 2 heterocycles. The molecule has 2 aromatic rings. The molecular weight excluding hydrogens is 254 g/mol. The van der Waals surface area contributed by atoms with Gasteiger partial charge in [-0.2, -0.15) is 0 Å². The summed E-state index contributed by atoms with van der Waals surface area (Å²) in [6.07, 6.45) is 3.89. The zero-order chi connectivity index (χ0) is 13.9. The lowest BCUT2D eigenvalue weighted by Gasteiger charge is -2.29. The molecule has 1 aliphatic heterocycles. The molecule has 1 N–H and O–H groups in total. The van der Waals surface area contributed by atoms with Crippen LogP contribution < -0.4 is 5.32 Å². The number of nitrogens with one attached hydrogen (secondary N) is 1. The number of fused-ring (bicyclic) bond motifs is 1. The van der Waals surface area contributed by atoms with Gasteiger partial charge in [-0.05, 0) is 50.7 Å². The third kappa shape index (κ3) is 2.99. The van der Waals surface area contributed by atoms with Gasteiger partial charge in [-0.25, -0.2) is 4.98 Å². The maximum atomic E-state index is 12.1. The highest BCUT2D eigenvalue weighted by molar-refractivity contribution is 5.81. The number of rotatable bonds is 3. The van der Waals surface area contributed by atoms with E-state index in [1.54, 1.807) is 0 Å². The standard InChI is InChI=1S/C15H19N3O2/c1-18-6-4-12(5-7-18)17-15(19)9-11-2-3-14-13(8-11)16-10-20-14/h2-3,8,10,12H,4-7,9H2,1H3,(H,17,19). The maximum absolute atomic E-state index is 12.1. The van der Waals surface area contributed by atoms with Gasteiger partial charge >= 0.3 is 0 Å². The molecule has 1 aromatic heterocycles. The molecule has 1 aromatic carbocycles. The zero-order valence-corrected chi connectivity index (χ0v) is 11.6. The van der Waals surface area contributed by atoms with E-state index in [2.05, 4.69) is 22.2 Å². The zero-order valence-electron chi connectivity index (χ0n) is 11.6. The van der Waals surface area contributed by atoms with E-state index in [0.29, 0.717) is 12.5 Å². The van der Waals surface area contributed by atoms with Crippen molar-refractivity contribution in [1.29, 1.82) is 0 Å². The number of carbonyl (C=O) groups excluding carboxylic acids is 1. The van der Waals surface area contributed by atoms with Crippen molar-refractivity contribution >= 4 is 17.0 Å². The van der Waals surface area contributed by atoms with E-state index in [1.807, 2.05) is 18.2 Å². The van der Waals surface area contributed by atoms with Gasteiger partial charge in [0.2, 0.25) is 5.91 Å². The number of carbonyl (C=O) groups is 1. The van der Waals surface area contributed by atoms with Crippen LogP contribution >= 0.6 is 0 Å². The number of piperidine rings is 1. The van der Waals surface area contributed by atoms with Gasteiger partial charge in [0.05, 0.1) is 6.42 Å². The number of nitrogens with zero attached hydrogens (tertiary/aromatic N) is 2. The van der Waals surface area contributed by atoms with Gasteiger partial charge in [0.15, 0.2) is 12.0 Å². The number of hydrogen-bond donors (Lipinski definition) is 1. The van der Waals surface area contributed by atoms with Crippen LogP contribution in [0, 0.1) is 0 Å². The number of benzene rings is 1. The Bertz CT molecular complexity index is 600.